The molecular formula is C8H8F2N2O4. The number of aromatic nitrogens is 1. The van der Waals surface area contributed by atoms with Gasteiger partial charge in [0.2, 0.25) is 5.75 Å². The number of alkyl halides is 2. The van der Waals surface area contributed by atoms with Crippen molar-refractivity contribution in [2.45, 2.75) is 13.0 Å². The second kappa shape index (κ2) is 4.79. The van der Waals surface area contributed by atoms with E-state index in [9.17, 15) is 18.9 Å². The molecule has 1 heterocycles. The number of rotatable bonds is 4. The van der Waals surface area contributed by atoms with Crippen molar-refractivity contribution in [1.82, 2.24) is 4.98 Å². The highest BCUT2D eigenvalue weighted by Crippen LogP contribution is 2.37. The Kier molecular flexibility index (Phi) is 3.67. The number of halogens is 2. The van der Waals surface area contributed by atoms with E-state index in [1.807, 2.05) is 0 Å². The summed E-state index contributed by atoms with van der Waals surface area (Å²) in [6.45, 7) is -0.693. The molecule has 0 spiro atoms. The lowest BCUT2D eigenvalue weighted by atomic mass is 10.1. The molecule has 0 aromatic carbocycles. The number of nitrogens with zero attached hydrogens (tertiary/aromatic N) is 2. The van der Waals surface area contributed by atoms with Crippen LogP contribution in [-0.2, 0) is 6.61 Å². The molecule has 1 rings (SSSR count). The van der Waals surface area contributed by atoms with Gasteiger partial charge in [-0.05, 0) is 9.91 Å². The predicted octanol–water partition coefficient (Wildman–Crippen LogP) is 1.43. The summed E-state index contributed by atoms with van der Waals surface area (Å²) in [4.78, 5) is 12.9. The second-order valence-corrected chi connectivity index (χ2v) is 2.77. The van der Waals surface area contributed by atoms with Gasteiger partial charge in [0.15, 0.2) is 0 Å². The molecular weight excluding hydrogens is 226 g/mol. The third-order valence-electron chi connectivity index (χ3n) is 1.90. The highest BCUT2D eigenvalue weighted by molar-refractivity contribution is 5.50. The Morgan fingerprint density at radius 2 is 2.31 bits per heavy atom. The van der Waals surface area contributed by atoms with Crippen molar-refractivity contribution in [2.75, 3.05) is 7.11 Å². The van der Waals surface area contributed by atoms with E-state index in [1.165, 1.54) is 0 Å². The van der Waals surface area contributed by atoms with E-state index in [0.717, 1.165) is 13.3 Å². The minimum atomic E-state index is -2.99. The molecule has 88 valence electrons. The fourth-order valence-corrected chi connectivity index (χ4v) is 1.23. The van der Waals surface area contributed by atoms with Gasteiger partial charge < -0.3 is 20.0 Å². The lowest BCUT2D eigenvalue weighted by Crippen LogP contribution is -2.05. The Balaban J connectivity index is 3.49. The van der Waals surface area contributed by atoms with Gasteiger partial charge in [0.1, 0.15) is 6.20 Å². The van der Waals surface area contributed by atoms with Gasteiger partial charge in [0.05, 0.1) is 19.3 Å². The monoisotopic (exact) mass is 234 g/mol. The van der Waals surface area contributed by atoms with Crippen LogP contribution in [0.2, 0.25) is 0 Å². The normalized spacial score (nSPS) is 10.6. The Morgan fingerprint density at radius 1 is 1.69 bits per heavy atom. The van der Waals surface area contributed by atoms with Crippen LogP contribution in [0.3, 0.4) is 0 Å². The number of methoxy groups -OCH3 is 1. The number of hydrogen-bond donors (Lipinski definition) is 1. The molecule has 0 saturated carbocycles. The van der Waals surface area contributed by atoms with E-state index in [0.29, 0.717) is 0 Å². The Hall–Kier alpha value is -1.83. The molecule has 6 nitrogen and oxygen atoms in total. The summed E-state index contributed by atoms with van der Waals surface area (Å²) in [5.41, 5.74) is -0.899. The standard InChI is InChI=1S/C8H8F2N2O4/c1-16-6-5(7(9)10)4(3-13)2-11-8(6)12(14)15/h2,7,13H,3H2,1H3. The molecule has 0 amide bonds. The largest absolute Gasteiger partial charge is 0.489 e. The number of aliphatic hydroxyl groups excluding tert-OH is 1. The molecule has 0 radical (unpaired) electrons. The highest BCUT2D eigenvalue weighted by atomic mass is 19.3. The zero-order valence-electron chi connectivity index (χ0n) is 8.18. The fourth-order valence-electron chi connectivity index (χ4n) is 1.23. The van der Waals surface area contributed by atoms with Gasteiger partial charge in [-0.25, -0.2) is 8.78 Å². The Bertz CT molecular complexity index is 411. The number of nitro groups is 1. The average Bonchev–Trinajstić information content (AvgIpc) is 2.26. The first kappa shape index (κ1) is 12.2. The highest BCUT2D eigenvalue weighted by Gasteiger charge is 2.28. The van der Waals surface area contributed by atoms with E-state index < -0.39 is 35.1 Å². The fraction of sp³-hybridized carbons (Fsp3) is 0.375. The van der Waals surface area contributed by atoms with Gasteiger partial charge in [0.25, 0.3) is 6.43 Å². The van der Waals surface area contributed by atoms with Crippen molar-refractivity contribution >= 4 is 5.82 Å². The molecule has 0 atom stereocenters. The van der Waals surface area contributed by atoms with Crippen molar-refractivity contribution in [3.05, 3.63) is 27.4 Å². The van der Waals surface area contributed by atoms with Crippen molar-refractivity contribution in [3.8, 4) is 5.75 Å². The van der Waals surface area contributed by atoms with E-state index in [1.54, 1.807) is 0 Å². The molecule has 1 aromatic rings. The van der Waals surface area contributed by atoms with Crippen LogP contribution >= 0.6 is 0 Å². The lowest BCUT2D eigenvalue weighted by Gasteiger charge is -2.10. The third-order valence-corrected chi connectivity index (χ3v) is 1.90. The van der Waals surface area contributed by atoms with Crippen LogP contribution < -0.4 is 4.74 Å². The summed E-state index contributed by atoms with van der Waals surface area (Å²) in [5.74, 6) is -1.42. The molecule has 0 aliphatic heterocycles. The van der Waals surface area contributed by atoms with Crippen LogP contribution in [0.25, 0.3) is 0 Å². The maximum absolute atomic E-state index is 12.7. The van der Waals surface area contributed by atoms with E-state index in [2.05, 4.69) is 9.72 Å². The SMILES string of the molecule is COc1c([N+](=O)[O-])ncc(CO)c1C(F)F. The van der Waals surface area contributed by atoms with Crippen molar-refractivity contribution in [3.63, 3.8) is 0 Å². The Morgan fingerprint density at radius 3 is 2.69 bits per heavy atom. The van der Waals surface area contributed by atoms with Gasteiger partial charge in [-0.15, -0.1) is 0 Å². The molecule has 1 N–H and O–H groups in total. The van der Waals surface area contributed by atoms with Crippen LogP contribution in [0, 0.1) is 10.1 Å². The van der Waals surface area contributed by atoms with Crippen molar-refractivity contribution < 1.29 is 23.5 Å². The summed E-state index contributed by atoms with van der Waals surface area (Å²) in [7, 11) is 1.02. The molecule has 1 aromatic heterocycles. The summed E-state index contributed by atoms with van der Waals surface area (Å²) < 4.78 is 29.9. The summed E-state index contributed by atoms with van der Waals surface area (Å²) in [6, 6.07) is 0. The number of ether oxygens (including phenoxy) is 1. The average molecular weight is 234 g/mol. The first-order chi connectivity index (χ1) is 7.52. The molecule has 16 heavy (non-hydrogen) atoms. The molecule has 0 aliphatic carbocycles. The topological polar surface area (TPSA) is 85.5 Å². The van der Waals surface area contributed by atoms with Crippen LogP contribution in [0.5, 0.6) is 5.75 Å². The van der Waals surface area contributed by atoms with Gasteiger partial charge >= 0.3 is 5.82 Å². The minimum Gasteiger partial charge on any atom is -0.489 e. The third kappa shape index (κ3) is 2.06. The van der Waals surface area contributed by atoms with Gasteiger partial charge in [-0.1, -0.05) is 0 Å². The molecule has 0 saturated heterocycles. The zero-order chi connectivity index (χ0) is 12.3. The zero-order valence-corrected chi connectivity index (χ0v) is 8.18. The quantitative estimate of drug-likeness (QED) is 0.629. The van der Waals surface area contributed by atoms with Gasteiger partial charge in [-0.3, -0.25) is 0 Å². The number of pyridine rings is 1. The second-order valence-electron chi connectivity index (χ2n) is 2.77. The summed E-state index contributed by atoms with van der Waals surface area (Å²) in [6.07, 6.45) is -2.15. The Labute approximate surface area is 88.6 Å². The van der Waals surface area contributed by atoms with Gasteiger partial charge in [0, 0.05) is 5.56 Å². The van der Waals surface area contributed by atoms with E-state index in [4.69, 9.17) is 5.11 Å². The van der Waals surface area contributed by atoms with Crippen molar-refractivity contribution in [2.24, 2.45) is 0 Å². The number of aliphatic hydroxyl groups is 1. The smallest absolute Gasteiger partial charge is 0.406 e. The van der Waals surface area contributed by atoms with Crippen LogP contribution in [0.1, 0.15) is 17.6 Å². The summed E-state index contributed by atoms with van der Waals surface area (Å²) >= 11 is 0. The number of hydrogen-bond acceptors (Lipinski definition) is 5. The van der Waals surface area contributed by atoms with Gasteiger partial charge in [-0.2, -0.15) is 0 Å². The van der Waals surface area contributed by atoms with E-state index >= 15 is 0 Å². The minimum absolute atomic E-state index is 0.197. The predicted molar refractivity (Wildman–Crippen MR) is 48.3 cm³/mol. The molecule has 8 heteroatoms. The van der Waals surface area contributed by atoms with Crippen LogP contribution in [-0.4, -0.2) is 22.1 Å². The lowest BCUT2D eigenvalue weighted by molar-refractivity contribution is -0.390. The maximum Gasteiger partial charge on any atom is 0.406 e. The van der Waals surface area contributed by atoms with Crippen molar-refractivity contribution in [1.29, 1.82) is 0 Å². The molecule has 0 unspecified atom stereocenters. The summed E-state index contributed by atoms with van der Waals surface area (Å²) in [5, 5.41) is 19.3. The molecule has 0 bridgehead atoms. The van der Waals surface area contributed by atoms with E-state index in [-0.39, 0.29) is 5.56 Å². The first-order valence-electron chi connectivity index (χ1n) is 4.12. The maximum atomic E-state index is 12.7. The first-order valence-corrected chi connectivity index (χ1v) is 4.12. The van der Waals surface area contributed by atoms with Crippen LogP contribution in [0.4, 0.5) is 14.6 Å². The van der Waals surface area contributed by atoms with Crippen LogP contribution in [0.15, 0.2) is 6.20 Å². The molecule has 0 aliphatic rings. The molecule has 0 fully saturated rings.